The van der Waals surface area contributed by atoms with Crippen molar-refractivity contribution in [2.75, 3.05) is 6.54 Å². The van der Waals surface area contributed by atoms with Crippen LogP contribution in [-0.4, -0.2) is 22.3 Å². The smallest absolute Gasteiger partial charge is 0.255 e. The molecule has 0 aliphatic carbocycles. The third-order valence-electron chi connectivity index (χ3n) is 5.32. The second kappa shape index (κ2) is 4.42. The van der Waals surface area contributed by atoms with Crippen LogP contribution in [-0.2, 0) is 5.54 Å². The number of para-hydroxylation sites is 1. The molecule has 2 aliphatic heterocycles. The summed E-state index contributed by atoms with van der Waals surface area (Å²) in [5, 5.41) is 1.14. The first-order valence-corrected chi connectivity index (χ1v) is 8.08. The maximum atomic E-state index is 12.9. The molecular weight excluding hydrogens is 284 g/mol. The fourth-order valence-electron chi connectivity index (χ4n) is 4.43. The van der Waals surface area contributed by atoms with Gasteiger partial charge in [0.25, 0.3) is 5.91 Å². The number of aromatic nitrogens is 1. The molecule has 1 amide bonds. The molecule has 3 heteroatoms. The van der Waals surface area contributed by atoms with Crippen molar-refractivity contribution < 1.29 is 4.79 Å². The molecule has 3 nitrogen and oxygen atoms in total. The highest BCUT2D eigenvalue weighted by atomic mass is 16.2. The molecule has 1 aromatic heterocycles. The number of fused-ring (bicyclic) bond motifs is 4. The third-order valence-corrected chi connectivity index (χ3v) is 5.32. The summed E-state index contributed by atoms with van der Waals surface area (Å²) in [7, 11) is 0. The summed E-state index contributed by atoms with van der Waals surface area (Å²) in [5.41, 5.74) is 3.88. The lowest BCUT2D eigenvalue weighted by molar-refractivity contribution is 0.0713. The van der Waals surface area contributed by atoms with Crippen LogP contribution >= 0.6 is 0 Å². The van der Waals surface area contributed by atoms with Crippen LogP contribution in [0.2, 0.25) is 0 Å². The lowest BCUT2D eigenvalue weighted by Crippen LogP contribution is -2.39. The number of amides is 1. The number of rotatable bonds is 1. The number of hydrogen-bond donors (Lipinski definition) is 0. The van der Waals surface area contributed by atoms with Crippen LogP contribution in [0, 0.1) is 0 Å². The summed E-state index contributed by atoms with van der Waals surface area (Å²) in [6, 6.07) is 18.4. The van der Waals surface area contributed by atoms with Gasteiger partial charge in [0.15, 0.2) is 0 Å². The van der Waals surface area contributed by atoms with Crippen molar-refractivity contribution in [1.29, 1.82) is 0 Å². The molecule has 0 radical (unpaired) electrons. The van der Waals surface area contributed by atoms with Gasteiger partial charge in [0.2, 0.25) is 0 Å². The molecule has 1 saturated heterocycles. The van der Waals surface area contributed by atoms with E-state index >= 15 is 0 Å². The molecule has 1 unspecified atom stereocenters. The standard InChI is InChI=1S/C20H16N2O/c23-19-15-7-1-3-8-16(15)20(11-5-13-22(19)20)17-10-12-21-18-9-4-2-6-14(17)18/h1-4,6-10,12H,5,11,13H2. The van der Waals surface area contributed by atoms with Crippen LogP contribution in [0.5, 0.6) is 0 Å². The molecule has 112 valence electrons. The Kier molecular flexibility index (Phi) is 2.46. The van der Waals surface area contributed by atoms with E-state index in [-0.39, 0.29) is 11.4 Å². The summed E-state index contributed by atoms with van der Waals surface area (Å²) >= 11 is 0. The summed E-state index contributed by atoms with van der Waals surface area (Å²) in [6.45, 7) is 0.824. The minimum Gasteiger partial charge on any atom is -0.325 e. The predicted molar refractivity (Wildman–Crippen MR) is 89.2 cm³/mol. The zero-order valence-electron chi connectivity index (χ0n) is 12.7. The van der Waals surface area contributed by atoms with Crippen LogP contribution in [0.4, 0.5) is 0 Å². The molecule has 23 heavy (non-hydrogen) atoms. The van der Waals surface area contributed by atoms with E-state index in [0.717, 1.165) is 41.4 Å². The predicted octanol–water partition coefficient (Wildman–Crippen LogP) is 3.73. The van der Waals surface area contributed by atoms with Gasteiger partial charge in [-0.1, -0.05) is 36.4 Å². The van der Waals surface area contributed by atoms with Gasteiger partial charge >= 0.3 is 0 Å². The zero-order valence-corrected chi connectivity index (χ0v) is 12.7. The monoisotopic (exact) mass is 300 g/mol. The number of carbonyl (C=O) groups excluding carboxylic acids is 1. The molecule has 3 aromatic rings. The number of nitrogens with zero attached hydrogens (tertiary/aromatic N) is 2. The Morgan fingerprint density at radius 1 is 0.957 bits per heavy atom. The molecular formula is C20H16N2O. The van der Waals surface area contributed by atoms with Gasteiger partial charge < -0.3 is 4.90 Å². The van der Waals surface area contributed by atoms with Gasteiger partial charge in [-0.25, -0.2) is 0 Å². The first-order chi connectivity index (χ1) is 11.3. The van der Waals surface area contributed by atoms with Gasteiger partial charge in [0.05, 0.1) is 11.1 Å². The normalized spacial score (nSPS) is 22.4. The Balaban J connectivity index is 1.89. The molecule has 0 N–H and O–H groups in total. The van der Waals surface area contributed by atoms with Crippen LogP contribution in [0.3, 0.4) is 0 Å². The highest BCUT2D eigenvalue weighted by molar-refractivity contribution is 6.02. The highest BCUT2D eigenvalue weighted by Crippen LogP contribution is 2.52. The maximum absolute atomic E-state index is 12.9. The van der Waals surface area contributed by atoms with Gasteiger partial charge in [-0.05, 0) is 42.2 Å². The topological polar surface area (TPSA) is 33.2 Å². The van der Waals surface area contributed by atoms with Gasteiger partial charge in [-0.2, -0.15) is 0 Å². The van der Waals surface area contributed by atoms with Crippen molar-refractivity contribution in [2.24, 2.45) is 0 Å². The van der Waals surface area contributed by atoms with E-state index in [2.05, 4.69) is 28.1 Å². The Morgan fingerprint density at radius 2 is 1.78 bits per heavy atom. The largest absolute Gasteiger partial charge is 0.325 e. The first-order valence-electron chi connectivity index (χ1n) is 8.08. The molecule has 2 aliphatic rings. The fraction of sp³-hybridized carbons (Fsp3) is 0.200. The SMILES string of the molecule is O=C1c2ccccc2C2(c3ccnc4ccccc34)CCCN12. The minimum absolute atomic E-state index is 0.166. The van der Waals surface area contributed by atoms with Crippen molar-refractivity contribution in [3.8, 4) is 0 Å². The molecule has 5 rings (SSSR count). The second-order valence-electron chi connectivity index (χ2n) is 6.34. The summed E-state index contributed by atoms with van der Waals surface area (Å²) < 4.78 is 0. The summed E-state index contributed by atoms with van der Waals surface area (Å²) in [5.74, 6) is 0.166. The van der Waals surface area contributed by atoms with Crippen molar-refractivity contribution in [2.45, 2.75) is 18.4 Å². The van der Waals surface area contributed by atoms with E-state index in [1.165, 1.54) is 5.56 Å². The van der Waals surface area contributed by atoms with Crippen molar-refractivity contribution in [1.82, 2.24) is 9.88 Å². The van der Waals surface area contributed by atoms with Gasteiger partial charge in [-0.15, -0.1) is 0 Å². The van der Waals surface area contributed by atoms with E-state index < -0.39 is 0 Å². The first kappa shape index (κ1) is 12.8. The molecule has 3 heterocycles. The van der Waals surface area contributed by atoms with E-state index in [1.54, 1.807) is 0 Å². The highest BCUT2D eigenvalue weighted by Gasteiger charge is 2.53. The minimum atomic E-state index is -0.323. The lowest BCUT2D eigenvalue weighted by Gasteiger charge is -2.34. The average molecular weight is 300 g/mol. The summed E-state index contributed by atoms with van der Waals surface area (Å²) in [6.07, 6.45) is 3.88. The Bertz CT molecular complexity index is 944. The second-order valence-corrected chi connectivity index (χ2v) is 6.34. The quantitative estimate of drug-likeness (QED) is 0.686. The third kappa shape index (κ3) is 1.49. The van der Waals surface area contributed by atoms with Crippen LogP contribution < -0.4 is 0 Å². The van der Waals surface area contributed by atoms with Gasteiger partial charge in [0, 0.05) is 23.7 Å². The average Bonchev–Trinajstić information content (AvgIpc) is 3.14. The maximum Gasteiger partial charge on any atom is 0.255 e. The Hall–Kier alpha value is -2.68. The van der Waals surface area contributed by atoms with Gasteiger partial charge in [0.1, 0.15) is 0 Å². The molecule has 0 bridgehead atoms. The van der Waals surface area contributed by atoms with E-state index in [4.69, 9.17) is 0 Å². The molecule has 2 aromatic carbocycles. The Morgan fingerprint density at radius 3 is 2.74 bits per heavy atom. The number of carbonyl (C=O) groups is 1. The van der Waals surface area contributed by atoms with E-state index in [0.29, 0.717) is 0 Å². The van der Waals surface area contributed by atoms with E-state index in [9.17, 15) is 4.79 Å². The van der Waals surface area contributed by atoms with Crippen molar-refractivity contribution in [3.63, 3.8) is 0 Å². The van der Waals surface area contributed by atoms with E-state index in [1.807, 2.05) is 42.6 Å². The van der Waals surface area contributed by atoms with Gasteiger partial charge in [-0.3, -0.25) is 9.78 Å². The van der Waals surface area contributed by atoms with Crippen LogP contribution in [0.1, 0.15) is 34.3 Å². The molecule has 0 spiro atoms. The van der Waals surface area contributed by atoms with Crippen LogP contribution in [0.15, 0.2) is 60.8 Å². The van der Waals surface area contributed by atoms with Crippen molar-refractivity contribution >= 4 is 16.8 Å². The Labute approximate surface area is 134 Å². The summed E-state index contributed by atoms with van der Waals surface area (Å²) in [4.78, 5) is 19.5. The van der Waals surface area contributed by atoms with Crippen LogP contribution in [0.25, 0.3) is 10.9 Å². The zero-order chi connectivity index (χ0) is 15.4. The van der Waals surface area contributed by atoms with Crippen molar-refractivity contribution in [3.05, 3.63) is 77.5 Å². The molecule has 1 fully saturated rings. The number of benzene rings is 2. The number of pyridine rings is 1. The lowest BCUT2D eigenvalue weighted by atomic mass is 9.80. The molecule has 0 saturated carbocycles. The number of hydrogen-bond acceptors (Lipinski definition) is 2. The fourth-order valence-corrected chi connectivity index (χ4v) is 4.43. The molecule has 1 atom stereocenters.